The van der Waals surface area contributed by atoms with Crippen molar-refractivity contribution >= 4 is 17.5 Å². The predicted octanol–water partition coefficient (Wildman–Crippen LogP) is 3.90. The summed E-state index contributed by atoms with van der Waals surface area (Å²) < 4.78 is 37.8. The number of aryl methyl sites for hydroxylation is 1. The zero-order chi connectivity index (χ0) is 20.0. The van der Waals surface area contributed by atoms with Crippen LogP contribution < -0.4 is 5.32 Å². The van der Waals surface area contributed by atoms with Crippen LogP contribution in [0.2, 0.25) is 0 Å². The highest BCUT2D eigenvalue weighted by Crippen LogP contribution is 2.27. The smallest absolute Gasteiger partial charge is 0.329 e. The van der Waals surface area contributed by atoms with Gasteiger partial charge in [-0.25, -0.2) is 0 Å². The lowest BCUT2D eigenvalue weighted by molar-refractivity contribution is -0.141. The number of carbonyl (C=O) groups excluding carboxylic acids is 2. The molecule has 0 aliphatic carbocycles. The molecule has 0 fully saturated rings. The standard InChI is InChI=1S/C19H20F3N3O2/c1-3-10-25(12-17(26)24-15-7-5-4-6-13(15)2)18(27)14-8-9-16(23-11-14)19(20,21)22/h4-9,11H,3,10,12H2,1-2H3,(H,24,26). The number of hydrogen-bond donors (Lipinski definition) is 1. The van der Waals surface area contributed by atoms with Gasteiger partial charge in [0.1, 0.15) is 12.2 Å². The highest BCUT2D eigenvalue weighted by atomic mass is 19.4. The van der Waals surface area contributed by atoms with E-state index in [1.54, 1.807) is 12.1 Å². The Kier molecular flexibility index (Phi) is 6.55. The quantitative estimate of drug-likeness (QED) is 0.828. The first kappa shape index (κ1) is 20.4. The van der Waals surface area contributed by atoms with Gasteiger partial charge in [0.2, 0.25) is 5.91 Å². The van der Waals surface area contributed by atoms with Crippen molar-refractivity contribution < 1.29 is 22.8 Å². The Morgan fingerprint density at radius 2 is 1.85 bits per heavy atom. The monoisotopic (exact) mass is 379 g/mol. The minimum absolute atomic E-state index is 0.000131. The van der Waals surface area contributed by atoms with E-state index in [1.807, 2.05) is 26.0 Å². The molecular weight excluding hydrogens is 359 g/mol. The van der Waals surface area contributed by atoms with Gasteiger partial charge in [0.25, 0.3) is 5.91 Å². The van der Waals surface area contributed by atoms with Crippen LogP contribution in [0.15, 0.2) is 42.6 Å². The van der Waals surface area contributed by atoms with E-state index in [2.05, 4.69) is 10.3 Å². The largest absolute Gasteiger partial charge is 0.433 e. The Morgan fingerprint density at radius 3 is 2.41 bits per heavy atom. The van der Waals surface area contributed by atoms with Gasteiger partial charge in [0.05, 0.1) is 5.56 Å². The summed E-state index contributed by atoms with van der Waals surface area (Å²) in [5, 5.41) is 2.74. The van der Waals surface area contributed by atoms with Gasteiger partial charge in [0.15, 0.2) is 0 Å². The molecule has 0 aliphatic heterocycles. The number of rotatable bonds is 6. The SMILES string of the molecule is CCCN(CC(=O)Nc1ccccc1C)C(=O)c1ccc(C(F)(F)F)nc1. The van der Waals surface area contributed by atoms with E-state index in [4.69, 9.17) is 0 Å². The lowest BCUT2D eigenvalue weighted by Gasteiger charge is -2.22. The molecule has 0 radical (unpaired) electrons. The number of anilines is 1. The second kappa shape index (κ2) is 8.66. The Labute approximate surface area is 155 Å². The average Bonchev–Trinajstić information content (AvgIpc) is 2.62. The van der Waals surface area contributed by atoms with Crippen molar-refractivity contribution in [2.24, 2.45) is 0 Å². The number of halogens is 3. The molecule has 0 saturated carbocycles. The Balaban J connectivity index is 2.10. The molecule has 2 aromatic rings. The Hall–Kier alpha value is -2.90. The summed E-state index contributed by atoms with van der Waals surface area (Å²) in [7, 11) is 0. The number of hydrogen-bond acceptors (Lipinski definition) is 3. The summed E-state index contributed by atoms with van der Waals surface area (Å²) in [5.41, 5.74) is 0.451. The molecule has 0 saturated heterocycles. The number of alkyl halides is 3. The van der Waals surface area contributed by atoms with Gasteiger partial charge in [0, 0.05) is 18.4 Å². The van der Waals surface area contributed by atoms with Crippen LogP contribution in [0.4, 0.5) is 18.9 Å². The van der Waals surface area contributed by atoms with Gasteiger partial charge < -0.3 is 10.2 Å². The molecule has 1 aromatic heterocycles. The van der Waals surface area contributed by atoms with Crippen LogP contribution in [-0.4, -0.2) is 34.8 Å². The van der Waals surface area contributed by atoms with Crippen LogP contribution in [0.1, 0.15) is 35.0 Å². The van der Waals surface area contributed by atoms with E-state index >= 15 is 0 Å². The summed E-state index contributed by atoms with van der Waals surface area (Å²) in [4.78, 5) is 29.5. The fourth-order valence-corrected chi connectivity index (χ4v) is 2.47. The van der Waals surface area contributed by atoms with Crippen molar-refractivity contribution in [1.82, 2.24) is 9.88 Å². The number of aromatic nitrogens is 1. The zero-order valence-corrected chi connectivity index (χ0v) is 15.0. The Morgan fingerprint density at radius 1 is 1.15 bits per heavy atom. The highest BCUT2D eigenvalue weighted by Gasteiger charge is 2.32. The second-order valence-corrected chi connectivity index (χ2v) is 6.02. The minimum Gasteiger partial charge on any atom is -0.329 e. The average molecular weight is 379 g/mol. The van der Waals surface area contributed by atoms with E-state index in [1.165, 1.54) is 4.90 Å². The summed E-state index contributed by atoms with van der Waals surface area (Å²) in [6.45, 7) is 3.77. The van der Waals surface area contributed by atoms with Gasteiger partial charge in [-0.05, 0) is 37.1 Å². The van der Waals surface area contributed by atoms with Crippen molar-refractivity contribution in [2.75, 3.05) is 18.4 Å². The number of benzene rings is 1. The number of para-hydroxylation sites is 1. The molecule has 5 nitrogen and oxygen atoms in total. The third-order valence-electron chi connectivity index (χ3n) is 3.84. The lowest BCUT2D eigenvalue weighted by Crippen LogP contribution is -2.38. The highest BCUT2D eigenvalue weighted by molar-refractivity contribution is 5.99. The summed E-state index contributed by atoms with van der Waals surface area (Å²) in [6, 6.07) is 9.04. The van der Waals surface area contributed by atoms with Crippen molar-refractivity contribution in [1.29, 1.82) is 0 Å². The van der Waals surface area contributed by atoms with Gasteiger partial charge in [-0.3, -0.25) is 14.6 Å². The van der Waals surface area contributed by atoms with Gasteiger partial charge in [-0.2, -0.15) is 13.2 Å². The predicted molar refractivity (Wildman–Crippen MR) is 95.2 cm³/mol. The number of nitrogens with zero attached hydrogens (tertiary/aromatic N) is 2. The maximum Gasteiger partial charge on any atom is 0.433 e. The fraction of sp³-hybridized carbons (Fsp3) is 0.316. The van der Waals surface area contributed by atoms with Crippen molar-refractivity contribution in [3.63, 3.8) is 0 Å². The van der Waals surface area contributed by atoms with E-state index in [0.29, 0.717) is 18.7 Å². The lowest BCUT2D eigenvalue weighted by atomic mass is 10.2. The zero-order valence-electron chi connectivity index (χ0n) is 15.0. The maximum absolute atomic E-state index is 12.6. The molecule has 0 unspecified atom stereocenters. The number of nitrogens with one attached hydrogen (secondary N) is 1. The van der Waals surface area contributed by atoms with Gasteiger partial charge >= 0.3 is 6.18 Å². The van der Waals surface area contributed by atoms with Gasteiger partial charge in [-0.1, -0.05) is 25.1 Å². The molecule has 2 amide bonds. The van der Waals surface area contributed by atoms with Crippen LogP contribution in [0.3, 0.4) is 0 Å². The summed E-state index contributed by atoms with van der Waals surface area (Å²) in [6.07, 6.45) is -3.09. The van der Waals surface area contributed by atoms with Crippen molar-refractivity contribution in [3.05, 3.63) is 59.4 Å². The molecule has 1 heterocycles. The van der Waals surface area contributed by atoms with E-state index < -0.39 is 17.8 Å². The summed E-state index contributed by atoms with van der Waals surface area (Å²) in [5.74, 6) is -0.927. The summed E-state index contributed by atoms with van der Waals surface area (Å²) >= 11 is 0. The molecule has 8 heteroatoms. The molecule has 144 valence electrons. The molecule has 0 bridgehead atoms. The van der Waals surface area contributed by atoms with Crippen LogP contribution in [0, 0.1) is 6.92 Å². The van der Waals surface area contributed by atoms with E-state index in [-0.39, 0.29) is 18.0 Å². The third kappa shape index (κ3) is 5.54. The maximum atomic E-state index is 12.6. The number of pyridine rings is 1. The molecular formula is C19H20F3N3O2. The second-order valence-electron chi connectivity index (χ2n) is 6.02. The first-order chi connectivity index (χ1) is 12.7. The van der Waals surface area contributed by atoms with Gasteiger partial charge in [-0.15, -0.1) is 0 Å². The first-order valence-corrected chi connectivity index (χ1v) is 8.40. The normalized spacial score (nSPS) is 11.1. The fourth-order valence-electron chi connectivity index (χ4n) is 2.47. The molecule has 0 spiro atoms. The van der Waals surface area contributed by atoms with Crippen LogP contribution in [-0.2, 0) is 11.0 Å². The van der Waals surface area contributed by atoms with Crippen LogP contribution in [0.25, 0.3) is 0 Å². The third-order valence-corrected chi connectivity index (χ3v) is 3.84. The first-order valence-electron chi connectivity index (χ1n) is 8.40. The van der Waals surface area contributed by atoms with Crippen LogP contribution >= 0.6 is 0 Å². The van der Waals surface area contributed by atoms with Crippen molar-refractivity contribution in [3.8, 4) is 0 Å². The van der Waals surface area contributed by atoms with E-state index in [9.17, 15) is 22.8 Å². The van der Waals surface area contributed by atoms with E-state index in [0.717, 1.165) is 23.9 Å². The van der Waals surface area contributed by atoms with Crippen LogP contribution in [0.5, 0.6) is 0 Å². The van der Waals surface area contributed by atoms with Crippen molar-refractivity contribution in [2.45, 2.75) is 26.4 Å². The molecule has 2 rings (SSSR count). The number of amides is 2. The molecule has 27 heavy (non-hydrogen) atoms. The molecule has 1 aromatic carbocycles. The molecule has 1 N–H and O–H groups in total. The minimum atomic E-state index is -4.57. The molecule has 0 aliphatic rings. The number of carbonyl (C=O) groups is 2. The Bertz CT molecular complexity index is 805. The molecule has 0 atom stereocenters. The topological polar surface area (TPSA) is 62.3 Å².